The summed E-state index contributed by atoms with van der Waals surface area (Å²) in [7, 11) is 1.66. The Balaban J connectivity index is 3.29. The molecule has 0 radical (unpaired) electrons. The van der Waals surface area contributed by atoms with Crippen LogP contribution in [0.4, 0.5) is 0 Å². The van der Waals surface area contributed by atoms with Gasteiger partial charge in [-0.25, -0.2) is 0 Å². The van der Waals surface area contributed by atoms with Crippen LogP contribution in [0.1, 0.15) is 13.3 Å². The zero-order valence-corrected chi connectivity index (χ0v) is 11.4. The fraction of sp³-hybridized carbons (Fsp3) is 0.909. The molecule has 0 fully saturated rings. The number of ether oxygens (including phenoxy) is 1. The van der Waals surface area contributed by atoms with Gasteiger partial charge < -0.3 is 15.4 Å². The summed E-state index contributed by atoms with van der Waals surface area (Å²) in [5, 5.41) is 5.99. The first kappa shape index (κ1) is 15.7. The van der Waals surface area contributed by atoms with Crippen molar-refractivity contribution in [1.29, 1.82) is 0 Å². The summed E-state index contributed by atoms with van der Waals surface area (Å²) >= 11 is 1.83. The van der Waals surface area contributed by atoms with E-state index < -0.39 is 0 Å². The molecule has 2 N–H and O–H groups in total. The highest BCUT2D eigenvalue weighted by Crippen LogP contribution is 2.01. The van der Waals surface area contributed by atoms with E-state index in [-0.39, 0.29) is 5.91 Å². The van der Waals surface area contributed by atoms with E-state index in [1.54, 1.807) is 7.11 Å². The number of hydrogen-bond donors (Lipinski definition) is 2. The number of carbonyl (C=O) groups excluding carboxylic acids is 1. The van der Waals surface area contributed by atoms with Crippen LogP contribution in [0.25, 0.3) is 0 Å². The Kier molecular flexibility index (Phi) is 11.0. The Morgan fingerprint density at radius 2 is 2.25 bits per heavy atom. The fourth-order valence-electron chi connectivity index (χ4n) is 1.28. The third-order valence-electron chi connectivity index (χ3n) is 2.08. The van der Waals surface area contributed by atoms with Gasteiger partial charge in [-0.15, -0.1) is 0 Å². The van der Waals surface area contributed by atoms with Crippen LogP contribution in [-0.4, -0.2) is 51.3 Å². The Hall–Kier alpha value is -0.260. The van der Waals surface area contributed by atoms with Crippen LogP contribution in [-0.2, 0) is 9.53 Å². The largest absolute Gasteiger partial charge is 0.385 e. The summed E-state index contributed by atoms with van der Waals surface area (Å²) in [6.45, 7) is 4.87. The molecule has 0 aromatic carbocycles. The third-order valence-corrected chi connectivity index (χ3v) is 2.98. The van der Waals surface area contributed by atoms with E-state index in [0.29, 0.717) is 25.6 Å². The number of rotatable bonds is 10. The first-order valence-corrected chi connectivity index (χ1v) is 7.05. The minimum absolute atomic E-state index is 0.0625. The van der Waals surface area contributed by atoms with Crippen molar-refractivity contribution in [2.45, 2.75) is 13.3 Å². The van der Waals surface area contributed by atoms with E-state index in [1.807, 2.05) is 11.8 Å². The quantitative estimate of drug-likeness (QED) is 0.560. The minimum Gasteiger partial charge on any atom is -0.385 e. The molecule has 16 heavy (non-hydrogen) atoms. The van der Waals surface area contributed by atoms with Crippen LogP contribution >= 0.6 is 11.8 Å². The summed E-state index contributed by atoms with van der Waals surface area (Å²) in [4.78, 5) is 11.3. The second kappa shape index (κ2) is 11.2. The molecule has 0 aliphatic heterocycles. The SMILES string of the molecule is COCCCNC(=O)CNCC(C)CSC. The molecule has 0 heterocycles. The van der Waals surface area contributed by atoms with Crippen LogP contribution in [0.5, 0.6) is 0 Å². The average Bonchev–Trinajstić information content (AvgIpc) is 2.25. The second-order valence-corrected chi connectivity index (χ2v) is 4.80. The molecule has 0 rings (SSSR count). The van der Waals surface area contributed by atoms with Crippen molar-refractivity contribution >= 4 is 17.7 Å². The summed E-state index contributed by atoms with van der Waals surface area (Å²) < 4.78 is 4.89. The zero-order chi connectivity index (χ0) is 12.2. The van der Waals surface area contributed by atoms with Gasteiger partial charge in [0.15, 0.2) is 0 Å². The standard InChI is InChI=1S/C11H24N2O2S/c1-10(9-16-3)7-12-8-11(14)13-5-4-6-15-2/h10,12H,4-9H2,1-3H3,(H,13,14). The number of amides is 1. The van der Waals surface area contributed by atoms with Crippen molar-refractivity contribution in [2.75, 3.05) is 45.4 Å². The molecule has 0 saturated carbocycles. The van der Waals surface area contributed by atoms with Gasteiger partial charge in [-0.3, -0.25) is 4.79 Å². The molecule has 1 unspecified atom stereocenters. The molecule has 96 valence electrons. The molecular formula is C11H24N2O2S. The molecule has 0 aromatic heterocycles. The first-order chi connectivity index (χ1) is 7.70. The van der Waals surface area contributed by atoms with Gasteiger partial charge in [0.2, 0.25) is 5.91 Å². The van der Waals surface area contributed by atoms with Crippen molar-refractivity contribution in [3.8, 4) is 0 Å². The Labute approximate surface area is 103 Å². The van der Waals surface area contributed by atoms with Crippen molar-refractivity contribution in [3.63, 3.8) is 0 Å². The lowest BCUT2D eigenvalue weighted by atomic mass is 10.2. The Morgan fingerprint density at radius 1 is 1.50 bits per heavy atom. The molecule has 0 bridgehead atoms. The monoisotopic (exact) mass is 248 g/mol. The summed E-state index contributed by atoms with van der Waals surface area (Å²) in [5.41, 5.74) is 0. The van der Waals surface area contributed by atoms with Crippen molar-refractivity contribution in [3.05, 3.63) is 0 Å². The zero-order valence-electron chi connectivity index (χ0n) is 10.5. The third kappa shape index (κ3) is 10.3. The maximum absolute atomic E-state index is 11.3. The number of carbonyl (C=O) groups is 1. The van der Waals surface area contributed by atoms with Crippen molar-refractivity contribution < 1.29 is 9.53 Å². The van der Waals surface area contributed by atoms with Gasteiger partial charge in [-0.1, -0.05) is 6.92 Å². The molecule has 0 saturated heterocycles. The number of methoxy groups -OCH3 is 1. The topological polar surface area (TPSA) is 50.4 Å². The minimum atomic E-state index is 0.0625. The molecule has 0 aliphatic rings. The maximum atomic E-state index is 11.3. The van der Waals surface area contributed by atoms with Gasteiger partial charge in [0, 0.05) is 20.3 Å². The van der Waals surface area contributed by atoms with Gasteiger partial charge in [0.05, 0.1) is 6.54 Å². The smallest absolute Gasteiger partial charge is 0.233 e. The fourth-order valence-corrected chi connectivity index (χ4v) is 1.97. The number of hydrogen-bond acceptors (Lipinski definition) is 4. The number of nitrogens with one attached hydrogen (secondary N) is 2. The van der Waals surface area contributed by atoms with Crippen LogP contribution in [0.15, 0.2) is 0 Å². The van der Waals surface area contributed by atoms with E-state index in [2.05, 4.69) is 23.8 Å². The van der Waals surface area contributed by atoms with E-state index in [0.717, 1.165) is 18.7 Å². The van der Waals surface area contributed by atoms with Crippen LogP contribution < -0.4 is 10.6 Å². The van der Waals surface area contributed by atoms with Gasteiger partial charge >= 0.3 is 0 Å². The van der Waals surface area contributed by atoms with Crippen LogP contribution in [0, 0.1) is 5.92 Å². The predicted octanol–water partition coefficient (Wildman–Crippen LogP) is 0.728. The Bertz CT molecular complexity index is 179. The predicted molar refractivity (Wildman–Crippen MR) is 69.9 cm³/mol. The first-order valence-electron chi connectivity index (χ1n) is 5.66. The van der Waals surface area contributed by atoms with Gasteiger partial charge in [0.1, 0.15) is 0 Å². The normalized spacial score (nSPS) is 12.4. The lowest BCUT2D eigenvalue weighted by molar-refractivity contribution is -0.120. The van der Waals surface area contributed by atoms with E-state index in [4.69, 9.17) is 4.74 Å². The van der Waals surface area contributed by atoms with Crippen LogP contribution in [0.3, 0.4) is 0 Å². The average molecular weight is 248 g/mol. The lowest BCUT2D eigenvalue weighted by Gasteiger charge is -2.11. The molecule has 0 aromatic rings. The molecule has 0 spiro atoms. The Morgan fingerprint density at radius 3 is 2.88 bits per heavy atom. The highest BCUT2D eigenvalue weighted by Gasteiger charge is 2.03. The van der Waals surface area contributed by atoms with Crippen LogP contribution in [0.2, 0.25) is 0 Å². The van der Waals surface area contributed by atoms with E-state index in [1.165, 1.54) is 0 Å². The summed E-state index contributed by atoms with van der Waals surface area (Å²) in [5.74, 6) is 1.80. The van der Waals surface area contributed by atoms with Gasteiger partial charge in [0.25, 0.3) is 0 Å². The summed E-state index contributed by atoms with van der Waals surface area (Å²) in [6, 6.07) is 0. The molecule has 4 nitrogen and oxygen atoms in total. The van der Waals surface area contributed by atoms with Gasteiger partial charge in [-0.05, 0) is 30.9 Å². The van der Waals surface area contributed by atoms with E-state index >= 15 is 0 Å². The molecule has 5 heteroatoms. The molecular weight excluding hydrogens is 224 g/mol. The van der Waals surface area contributed by atoms with Crippen molar-refractivity contribution in [1.82, 2.24) is 10.6 Å². The molecule has 1 atom stereocenters. The lowest BCUT2D eigenvalue weighted by Crippen LogP contribution is -2.36. The second-order valence-electron chi connectivity index (χ2n) is 3.89. The summed E-state index contributed by atoms with van der Waals surface area (Å²) in [6.07, 6.45) is 2.96. The highest BCUT2D eigenvalue weighted by molar-refractivity contribution is 7.98. The van der Waals surface area contributed by atoms with Crippen molar-refractivity contribution in [2.24, 2.45) is 5.92 Å². The molecule has 0 aliphatic carbocycles. The van der Waals surface area contributed by atoms with Gasteiger partial charge in [-0.2, -0.15) is 11.8 Å². The molecule has 1 amide bonds. The number of thioether (sulfide) groups is 1. The van der Waals surface area contributed by atoms with E-state index in [9.17, 15) is 4.79 Å². The highest BCUT2D eigenvalue weighted by atomic mass is 32.2. The maximum Gasteiger partial charge on any atom is 0.233 e.